The van der Waals surface area contributed by atoms with Crippen molar-refractivity contribution in [2.45, 2.75) is 32.3 Å². The van der Waals surface area contributed by atoms with Crippen LogP contribution in [0.4, 0.5) is 0 Å². The zero-order valence-corrected chi connectivity index (χ0v) is 8.71. The van der Waals surface area contributed by atoms with E-state index in [0.717, 1.165) is 19.4 Å². The standard InChI is InChI=1S/C10H22N2O/c1-3-9(5-11)10(13)4-8(2)6-12-7-10/h8-9,12-13H,3-7,11H2,1-2H3. The molecule has 4 N–H and O–H groups in total. The van der Waals surface area contributed by atoms with E-state index in [0.29, 0.717) is 19.0 Å². The van der Waals surface area contributed by atoms with E-state index in [1.165, 1.54) is 0 Å². The van der Waals surface area contributed by atoms with Gasteiger partial charge in [-0.05, 0) is 31.8 Å². The molecule has 0 aromatic rings. The fourth-order valence-corrected chi connectivity index (χ4v) is 2.36. The minimum Gasteiger partial charge on any atom is -0.388 e. The van der Waals surface area contributed by atoms with Gasteiger partial charge >= 0.3 is 0 Å². The van der Waals surface area contributed by atoms with Crippen molar-refractivity contribution in [3.63, 3.8) is 0 Å². The summed E-state index contributed by atoms with van der Waals surface area (Å²) in [6, 6.07) is 0. The highest BCUT2D eigenvalue weighted by Crippen LogP contribution is 2.29. The van der Waals surface area contributed by atoms with E-state index in [-0.39, 0.29) is 5.92 Å². The van der Waals surface area contributed by atoms with Gasteiger partial charge in [-0.3, -0.25) is 0 Å². The molecule has 1 aliphatic rings. The van der Waals surface area contributed by atoms with Crippen LogP contribution in [0.2, 0.25) is 0 Å². The van der Waals surface area contributed by atoms with Crippen LogP contribution in [0.1, 0.15) is 26.7 Å². The molecule has 0 aliphatic carbocycles. The third kappa shape index (κ3) is 2.42. The highest BCUT2D eigenvalue weighted by molar-refractivity contribution is 4.93. The largest absolute Gasteiger partial charge is 0.388 e. The quantitative estimate of drug-likeness (QED) is 0.595. The van der Waals surface area contributed by atoms with Crippen molar-refractivity contribution >= 4 is 0 Å². The number of piperidine rings is 1. The molecule has 0 aromatic heterocycles. The van der Waals surface area contributed by atoms with Crippen LogP contribution in [0.3, 0.4) is 0 Å². The zero-order valence-electron chi connectivity index (χ0n) is 8.71. The molecule has 0 radical (unpaired) electrons. The van der Waals surface area contributed by atoms with Gasteiger partial charge in [-0.1, -0.05) is 13.8 Å². The van der Waals surface area contributed by atoms with Crippen LogP contribution < -0.4 is 11.1 Å². The molecule has 1 saturated heterocycles. The fourth-order valence-electron chi connectivity index (χ4n) is 2.36. The summed E-state index contributed by atoms with van der Waals surface area (Å²) in [6.45, 7) is 6.56. The van der Waals surface area contributed by atoms with Gasteiger partial charge in [0.1, 0.15) is 0 Å². The van der Waals surface area contributed by atoms with Crippen molar-refractivity contribution in [2.75, 3.05) is 19.6 Å². The Bertz CT molecular complexity index is 159. The van der Waals surface area contributed by atoms with Gasteiger partial charge in [-0.2, -0.15) is 0 Å². The molecule has 3 atom stereocenters. The van der Waals surface area contributed by atoms with E-state index >= 15 is 0 Å². The summed E-state index contributed by atoms with van der Waals surface area (Å²) in [7, 11) is 0. The van der Waals surface area contributed by atoms with Gasteiger partial charge in [0.25, 0.3) is 0 Å². The predicted molar refractivity (Wildman–Crippen MR) is 54.4 cm³/mol. The Labute approximate surface area is 80.7 Å². The smallest absolute Gasteiger partial charge is 0.0814 e. The van der Waals surface area contributed by atoms with E-state index in [9.17, 15) is 5.11 Å². The number of nitrogens with two attached hydrogens (primary N) is 1. The van der Waals surface area contributed by atoms with Gasteiger partial charge in [0.2, 0.25) is 0 Å². The van der Waals surface area contributed by atoms with Crippen molar-refractivity contribution in [1.29, 1.82) is 0 Å². The molecular formula is C10H22N2O. The second-order valence-electron chi connectivity index (χ2n) is 4.38. The molecule has 1 heterocycles. The molecule has 78 valence electrons. The molecule has 3 nitrogen and oxygen atoms in total. The van der Waals surface area contributed by atoms with Crippen LogP contribution in [-0.4, -0.2) is 30.3 Å². The average molecular weight is 186 g/mol. The molecule has 0 bridgehead atoms. The molecular weight excluding hydrogens is 164 g/mol. The van der Waals surface area contributed by atoms with Crippen LogP contribution >= 0.6 is 0 Å². The number of β-amino-alcohol motifs (C(OH)–C–C–N with tert-alkyl or cyclic N) is 1. The normalized spacial score (nSPS) is 37.4. The topological polar surface area (TPSA) is 58.3 Å². The number of aliphatic hydroxyl groups is 1. The van der Waals surface area contributed by atoms with Gasteiger partial charge in [-0.25, -0.2) is 0 Å². The minimum absolute atomic E-state index is 0.239. The molecule has 0 spiro atoms. The fraction of sp³-hybridized carbons (Fsp3) is 1.00. The first-order valence-electron chi connectivity index (χ1n) is 5.25. The molecule has 3 unspecified atom stereocenters. The molecule has 1 rings (SSSR count). The maximum absolute atomic E-state index is 10.4. The molecule has 0 aromatic carbocycles. The second kappa shape index (κ2) is 4.40. The van der Waals surface area contributed by atoms with Gasteiger partial charge in [0.05, 0.1) is 5.60 Å². The Balaban J connectivity index is 2.61. The summed E-state index contributed by atoms with van der Waals surface area (Å²) in [6.07, 6.45) is 1.84. The molecule has 0 saturated carbocycles. The third-order valence-electron chi connectivity index (χ3n) is 3.16. The predicted octanol–water partition coefficient (Wildman–Crippen LogP) is 0.332. The van der Waals surface area contributed by atoms with Crippen LogP contribution in [0.25, 0.3) is 0 Å². The summed E-state index contributed by atoms with van der Waals surface area (Å²) >= 11 is 0. The number of hydrogen-bond donors (Lipinski definition) is 3. The summed E-state index contributed by atoms with van der Waals surface area (Å²) in [5, 5.41) is 13.6. The minimum atomic E-state index is -0.568. The van der Waals surface area contributed by atoms with E-state index in [4.69, 9.17) is 5.73 Å². The van der Waals surface area contributed by atoms with Crippen molar-refractivity contribution in [3.8, 4) is 0 Å². The summed E-state index contributed by atoms with van der Waals surface area (Å²) in [4.78, 5) is 0. The summed E-state index contributed by atoms with van der Waals surface area (Å²) < 4.78 is 0. The zero-order chi connectivity index (χ0) is 9.90. The van der Waals surface area contributed by atoms with E-state index in [2.05, 4.69) is 19.2 Å². The maximum atomic E-state index is 10.4. The van der Waals surface area contributed by atoms with Gasteiger partial charge in [0.15, 0.2) is 0 Å². The van der Waals surface area contributed by atoms with E-state index in [1.807, 2.05) is 0 Å². The number of nitrogens with one attached hydrogen (secondary N) is 1. The van der Waals surface area contributed by atoms with Gasteiger partial charge < -0.3 is 16.2 Å². The summed E-state index contributed by atoms with van der Waals surface area (Å²) in [5.74, 6) is 0.794. The third-order valence-corrected chi connectivity index (χ3v) is 3.16. The lowest BCUT2D eigenvalue weighted by Crippen LogP contribution is -2.55. The lowest BCUT2D eigenvalue weighted by molar-refractivity contribution is -0.0491. The van der Waals surface area contributed by atoms with E-state index in [1.54, 1.807) is 0 Å². The molecule has 13 heavy (non-hydrogen) atoms. The Kier molecular flexibility index (Phi) is 3.71. The highest BCUT2D eigenvalue weighted by atomic mass is 16.3. The molecule has 1 aliphatic heterocycles. The Hall–Kier alpha value is -0.120. The summed E-state index contributed by atoms with van der Waals surface area (Å²) in [5.41, 5.74) is 5.09. The average Bonchev–Trinajstić information content (AvgIpc) is 2.05. The Morgan fingerprint density at radius 3 is 2.85 bits per heavy atom. The lowest BCUT2D eigenvalue weighted by atomic mass is 9.77. The first-order valence-corrected chi connectivity index (χ1v) is 5.25. The Morgan fingerprint density at radius 2 is 2.38 bits per heavy atom. The van der Waals surface area contributed by atoms with Crippen molar-refractivity contribution < 1.29 is 5.11 Å². The monoisotopic (exact) mass is 186 g/mol. The first-order chi connectivity index (χ1) is 6.12. The second-order valence-corrected chi connectivity index (χ2v) is 4.38. The Morgan fingerprint density at radius 1 is 1.69 bits per heavy atom. The van der Waals surface area contributed by atoms with Crippen LogP contribution in [-0.2, 0) is 0 Å². The maximum Gasteiger partial charge on any atom is 0.0814 e. The van der Waals surface area contributed by atoms with Crippen LogP contribution in [0.5, 0.6) is 0 Å². The van der Waals surface area contributed by atoms with Crippen LogP contribution in [0, 0.1) is 11.8 Å². The number of hydrogen-bond acceptors (Lipinski definition) is 3. The molecule has 0 amide bonds. The van der Waals surface area contributed by atoms with Crippen molar-refractivity contribution in [1.82, 2.24) is 5.32 Å². The number of rotatable bonds is 3. The van der Waals surface area contributed by atoms with Gasteiger partial charge in [0, 0.05) is 12.5 Å². The van der Waals surface area contributed by atoms with Crippen LogP contribution in [0.15, 0.2) is 0 Å². The molecule has 3 heteroatoms. The van der Waals surface area contributed by atoms with Crippen molar-refractivity contribution in [2.24, 2.45) is 17.6 Å². The first kappa shape index (κ1) is 11.0. The van der Waals surface area contributed by atoms with Crippen molar-refractivity contribution in [3.05, 3.63) is 0 Å². The SMILES string of the molecule is CCC(CN)C1(O)CNCC(C)C1. The lowest BCUT2D eigenvalue weighted by Gasteiger charge is -2.41. The van der Waals surface area contributed by atoms with Gasteiger partial charge in [-0.15, -0.1) is 0 Å². The van der Waals surface area contributed by atoms with E-state index < -0.39 is 5.60 Å². The molecule has 1 fully saturated rings. The highest BCUT2D eigenvalue weighted by Gasteiger charge is 2.38.